The Morgan fingerprint density at radius 1 is 1.14 bits per heavy atom. The van der Waals surface area contributed by atoms with Crippen LogP contribution in [0.2, 0.25) is 0 Å². The minimum atomic E-state index is -3.45. The maximum Gasteiger partial charge on any atom is 0.257 e. The van der Waals surface area contributed by atoms with Crippen molar-refractivity contribution in [3.8, 4) is 10.8 Å². The highest BCUT2D eigenvalue weighted by Gasteiger charge is 2.30. The van der Waals surface area contributed by atoms with Gasteiger partial charge in [-0.05, 0) is 37.8 Å². The third-order valence-corrected chi connectivity index (χ3v) is 7.19. The Labute approximate surface area is 133 Å². The lowest BCUT2D eigenvalue weighted by Gasteiger charge is -2.10. The van der Waals surface area contributed by atoms with E-state index >= 15 is 0 Å². The summed E-state index contributed by atoms with van der Waals surface area (Å²) in [6.45, 7) is 0. The van der Waals surface area contributed by atoms with Crippen LogP contribution in [0.25, 0.3) is 10.8 Å². The Balaban J connectivity index is 1.54. The van der Waals surface area contributed by atoms with Gasteiger partial charge in [0.1, 0.15) is 4.21 Å². The number of hydrogen-bond donors (Lipinski definition) is 1. The highest BCUT2D eigenvalue weighted by atomic mass is 32.2. The van der Waals surface area contributed by atoms with Crippen LogP contribution >= 0.6 is 11.3 Å². The average molecular weight is 339 g/mol. The van der Waals surface area contributed by atoms with Gasteiger partial charge in [0.15, 0.2) is 0 Å². The van der Waals surface area contributed by atoms with Crippen LogP contribution in [0, 0.1) is 0 Å². The molecule has 0 unspecified atom stereocenters. The summed E-state index contributed by atoms with van der Waals surface area (Å²) in [6, 6.07) is 3.41. The fourth-order valence-electron chi connectivity index (χ4n) is 2.73. The van der Waals surface area contributed by atoms with Crippen LogP contribution in [0.1, 0.15) is 50.3 Å². The molecule has 0 bridgehead atoms. The first kappa shape index (κ1) is 14.3. The molecule has 0 atom stereocenters. The zero-order chi connectivity index (χ0) is 15.2. The molecule has 0 aliphatic heterocycles. The van der Waals surface area contributed by atoms with Gasteiger partial charge in [-0.15, -0.1) is 21.5 Å². The number of hydrogen-bond acceptors (Lipinski definition) is 6. The molecule has 2 aromatic rings. The van der Waals surface area contributed by atoms with Crippen molar-refractivity contribution < 1.29 is 12.8 Å². The number of nitrogens with one attached hydrogen (secondary N) is 1. The first-order chi connectivity index (χ1) is 10.6. The number of sulfonamides is 1. The summed E-state index contributed by atoms with van der Waals surface area (Å²) in [5.41, 5.74) is 0. The summed E-state index contributed by atoms with van der Waals surface area (Å²) in [4.78, 5) is 0.700. The second kappa shape index (κ2) is 5.43. The minimum Gasteiger partial charge on any atom is -0.420 e. The third-order valence-electron chi connectivity index (χ3n) is 4.10. The summed E-state index contributed by atoms with van der Waals surface area (Å²) in [6.07, 6.45) is 6.22. The molecule has 2 aliphatic rings. The standard InChI is InChI=1S/C14H17N3O3S2/c18-22(19,17-10-3-1-2-4-10)12-8-7-11(21-12)14-16-15-13(20-14)9-5-6-9/h7-10,17H,1-6H2. The van der Waals surface area contributed by atoms with Gasteiger partial charge >= 0.3 is 0 Å². The van der Waals surface area contributed by atoms with Crippen LogP contribution in [-0.4, -0.2) is 24.7 Å². The van der Waals surface area contributed by atoms with E-state index in [1.54, 1.807) is 12.1 Å². The monoisotopic (exact) mass is 339 g/mol. The van der Waals surface area contributed by atoms with Gasteiger partial charge in [0.05, 0.1) is 4.88 Å². The lowest BCUT2D eigenvalue weighted by Crippen LogP contribution is -2.32. The molecule has 2 heterocycles. The molecule has 0 aromatic carbocycles. The van der Waals surface area contributed by atoms with E-state index in [2.05, 4.69) is 14.9 Å². The fourth-order valence-corrected chi connectivity index (χ4v) is 5.28. The lowest BCUT2D eigenvalue weighted by atomic mass is 10.3. The minimum absolute atomic E-state index is 0.0698. The predicted octanol–water partition coefficient (Wildman–Crippen LogP) is 2.90. The van der Waals surface area contributed by atoms with Crippen LogP contribution in [0.3, 0.4) is 0 Å². The molecule has 22 heavy (non-hydrogen) atoms. The van der Waals surface area contributed by atoms with Crippen molar-refractivity contribution in [2.24, 2.45) is 0 Å². The summed E-state index contributed by atoms with van der Waals surface area (Å²) < 4.78 is 33.5. The van der Waals surface area contributed by atoms with E-state index in [0.29, 0.717) is 26.8 Å². The Hall–Kier alpha value is -1.25. The van der Waals surface area contributed by atoms with E-state index in [0.717, 1.165) is 38.5 Å². The van der Waals surface area contributed by atoms with Gasteiger partial charge in [-0.3, -0.25) is 0 Å². The first-order valence-corrected chi connectivity index (χ1v) is 9.88. The highest BCUT2D eigenvalue weighted by molar-refractivity contribution is 7.91. The molecular weight excluding hydrogens is 322 g/mol. The van der Waals surface area contributed by atoms with Crippen LogP contribution < -0.4 is 4.72 Å². The van der Waals surface area contributed by atoms with Crippen molar-refractivity contribution >= 4 is 21.4 Å². The highest BCUT2D eigenvalue weighted by Crippen LogP contribution is 2.40. The molecule has 1 N–H and O–H groups in total. The second-order valence-corrected chi connectivity index (χ2v) is 8.97. The molecule has 2 fully saturated rings. The van der Waals surface area contributed by atoms with E-state index in [1.165, 1.54) is 11.3 Å². The molecule has 0 spiro atoms. The Kier molecular flexibility index (Phi) is 3.54. The van der Waals surface area contributed by atoms with E-state index in [1.807, 2.05) is 0 Å². The van der Waals surface area contributed by atoms with Crippen LogP contribution in [0.15, 0.2) is 20.8 Å². The normalized spacial score (nSPS) is 19.8. The van der Waals surface area contributed by atoms with Crippen LogP contribution in [-0.2, 0) is 10.0 Å². The van der Waals surface area contributed by atoms with Crippen LogP contribution in [0.4, 0.5) is 0 Å². The maximum atomic E-state index is 12.4. The van der Waals surface area contributed by atoms with Gasteiger partial charge < -0.3 is 4.42 Å². The molecule has 2 aromatic heterocycles. The molecular formula is C14H17N3O3S2. The summed E-state index contributed by atoms with van der Waals surface area (Å²) in [7, 11) is -3.45. The Morgan fingerprint density at radius 2 is 1.91 bits per heavy atom. The van der Waals surface area contributed by atoms with Crippen LogP contribution in [0.5, 0.6) is 0 Å². The van der Waals surface area contributed by atoms with Gasteiger partial charge in [0.25, 0.3) is 5.89 Å². The Morgan fingerprint density at radius 3 is 2.64 bits per heavy atom. The quantitative estimate of drug-likeness (QED) is 0.905. The molecule has 6 nitrogen and oxygen atoms in total. The number of nitrogens with zero attached hydrogens (tertiary/aromatic N) is 2. The molecule has 8 heteroatoms. The molecule has 4 rings (SSSR count). The van der Waals surface area contributed by atoms with E-state index in [9.17, 15) is 8.42 Å². The van der Waals surface area contributed by atoms with Gasteiger partial charge in [-0.2, -0.15) is 0 Å². The molecule has 0 amide bonds. The van der Waals surface area contributed by atoms with Gasteiger partial charge in [0, 0.05) is 12.0 Å². The smallest absolute Gasteiger partial charge is 0.257 e. The number of aromatic nitrogens is 2. The van der Waals surface area contributed by atoms with Gasteiger partial charge in [0.2, 0.25) is 15.9 Å². The first-order valence-electron chi connectivity index (χ1n) is 7.58. The zero-order valence-corrected chi connectivity index (χ0v) is 13.6. The second-order valence-electron chi connectivity index (χ2n) is 5.94. The molecule has 0 radical (unpaired) electrons. The third kappa shape index (κ3) is 2.82. The molecule has 0 saturated heterocycles. The maximum absolute atomic E-state index is 12.4. The largest absolute Gasteiger partial charge is 0.420 e. The van der Waals surface area contributed by atoms with Crippen molar-refractivity contribution in [2.75, 3.05) is 0 Å². The summed E-state index contributed by atoms with van der Waals surface area (Å²) in [5.74, 6) is 1.47. The number of thiophene rings is 1. The molecule has 2 aliphatic carbocycles. The lowest BCUT2D eigenvalue weighted by molar-refractivity contribution is 0.509. The fraction of sp³-hybridized carbons (Fsp3) is 0.571. The van der Waals surface area contributed by atoms with Crippen molar-refractivity contribution in [1.29, 1.82) is 0 Å². The average Bonchev–Trinajstić information content (AvgIpc) is 2.95. The molecule has 2 saturated carbocycles. The van der Waals surface area contributed by atoms with Crippen molar-refractivity contribution in [2.45, 2.75) is 54.7 Å². The van der Waals surface area contributed by atoms with Gasteiger partial charge in [-0.1, -0.05) is 12.8 Å². The SMILES string of the molecule is O=S(=O)(NC1CCCC1)c1ccc(-c2nnc(C3CC3)o2)s1. The van der Waals surface area contributed by atoms with E-state index in [4.69, 9.17) is 4.42 Å². The van der Waals surface area contributed by atoms with E-state index < -0.39 is 10.0 Å². The topological polar surface area (TPSA) is 85.1 Å². The predicted molar refractivity (Wildman–Crippen MR) is 82.2 cm³/mol. The zero-order valence-electron chi connectivity index (χ0n) is 12.0. The van der Waals surface area contributed by atoms with Gasteiger partial charge in [-0.25, -0.2) is 13.1 Å². The molecule has 118 valence electrons. The summed E-state index contributed by atoms with van der Waals surface area (Å²) in [5, 5.41) is 8.06. The number of rotatable bonds is 5. The van der Waals surface area contributed by atoms with Crippen molar-refractivity contribution in [3.63, 3.8) is 0 Å². The van der Waals surface area contributed by atoms with Crippen molar-refractivity contribution in [1.82, 2.24) is 14.9 Å². The van der Waals surface area contributed by atoms with E-state index in [-0.39, 0.29) is 6.04 Å². The summed E-state index contributed by atoms with van der Waals surface area (Å²) >= 11 is 1.18. The van der Waals surface area contributed by atoms with Crippen molar-refractivity contribution in [3.05, 3.63) is 18.0 Å². The Bertz CT molecular complexity index is 771.